The summed E-state index contributed by atoms with van der Waals surface area (Å²) in [6, 6.07) is 17.8. The highest BCUT2D eigenvalue weighted by molar-refractivity contribution is 5.95. The molecular weight excluding hydrogens is 322 g/mol. The zero-order valence-electron chi connectivity index (χ0n) is 15.6. The van der Waals surface area contributed by atoms with E-state index in [9.17, 15) is 4.79 Å². The minimum atomic E-state index is -0.224. The zero-order valence-corrected chi connectivity index (χ0v) is 15.6. The van der Waals surface area contributed by atoms with Crippen molar-refractivity contribution in [2.45, 2.75) is 27.7 Å². The highest BCUT2D eigenvalue weighted by Gasteiger charge is 2.07. The van der Waals surface area contributed by atoms with Gasteiger partial charge in [-0.1, -0.05) is 23.8 Å². The zero-order chi connectivity index (χ0) is 18.7. The molecule has 0 saturated carbocycles. The van der Waals surface area contributed by atoms with Crippen molar-refractivity contribution in [2.75, 3.05) is 0 Å². The van der Waals surface area contributed by atoms with Crippen LogP contribution in [0.15, 0.2) is 59.7 Å². The van der Waals surface area contributed by atoms with E-state index in [1.807, 2.05) is 43.3 Å². The number of aryl methyl sites for hydroxylation is 4. The Hall–Kier alpha value is -3.14. The van der Waals surface area contributed by atoms with Crippen molar-refractivity contribution in [2.24, 2.45) is 5.10 Å². The van der Waals surface area contributed by atoms with Crippen LogP contribution < -0.4 is 5.43 Å². The molecule has 1 heterocycles. The van der Waals surface area contributed by atoms with Gasteiger partial charge in [0.2, 0.25) is 0 Å². The molecule has 0 radical (unpaired) electrons. The maximum absolute atomic E-state index is 12.3. The lowest BCUT2D eigenvalue weighted by Crippen LogP contribution is -2.17. The molecule has 3 rings (SSSR count). The average molecular weight is 345 g/mol. The van der Waals surface area contributed by atoms with Crippen molar-refractivity contribution in [3.8, 4) is 5.69 Å². The number of benzene rings is 2. The monoisotopic (exact) mass is 345 g/mol. The van der Waals surface area contributed by atoms with Gasteiger partial charge in [0.25, 0.3) is 5.91 Å². The first-order valence-corrected chi connectivity index (χ1v) is 8.62. The number of carbonyl (C=O) groups excluding carboxylic acids is 1. The summed E-state index contributed by atoms with van der Waals surface area (Å²) in [4.78, 5) is 12.3. The summed E-state index contributed by atoms with van der Waals surface area (Å²) in [6.45, 7) is 8.21. The molecule has 0 aliphatic rings. The van der Waals surface area contributed by atoms with Crippen LogP contribution in [-0.2, 0) is 0 Å². The Kier molecular flexibility index (Phi) is 5.03. The van der Waals surface area contributed by atoms with Gasteiger partial charge < -0.3 is 4.57 Å². The summed E-state index contributed by atoms with van der Waals surface area (Å²) < 4.78 is 2.15. The number of nitrogens with one attached hydrogen (secondary N) is 1. The maximum Gasteiger partial charge on any atom is 0.271 e. The topological polar surface area (TPSA) is 46.4 Å². The Morgan fingerprint density at radius 3 is 2.19 bits per heavy atom. The van der Waals surface area contributed by atoms with E-state index in [1.165, 1.54) is 5.56 Å². The van der Waals surface area contributed by atoms with E-state index >= 15 is 0 Å². The van der Waals surface area contributed by atoms with E-state index in [1.54, 1.807) is 6.21 Å². The molecule has 0 fully saturated rings. The minimum absolute atomic E-state index is 0.224. The van der Waals surface area contributed by atoms with Crippen LogP contribution in [0, 0.1) is 27.7 Å². The van der Waals surface area contributed by atoms with Gasteiger partial charge >= 0.3 is 0 Å². The first kappa shape index (κ1) is 17.7. The van der Waals surface area contributed by atoms with Gasteiger partial charge in [0.1, 0.15) is 0 Å². The molecule has 132 valence electrons. The second kappa shape index (κ2) is 7.40. The Balaban J connectivity index is 1.69. The van der Waals surface area contributed by atoms with Crippen molar-refractivity contribution in [1.82, 2.24) is 9.99 Å². The highest BCUT2D eigenvalue weighted by atomic mass is 16.2. The highest BCUT2D eigenvalue weighted by Crippen LogP contribution is 2.17. The lowest BCUT2D eigenvalue weighted by atomic mass is 10.1. The van der Waals surface area contributed by atoms with E-state index < -0.39 is 0 Å². The van der Waals surface area contributed by atoms with Crippen molar-refractivity contribution in [3.63, 3.8) is 0 Å². The van der Waals surface area contributed by atoms with E-state index in [0.29, 0.717) is 5.56 Å². The number of nitrogens with zero attached hydrogens (tertiary/aromatic N) is 2. The van der Waals surface area contributed by atoms with Crippen LogP contribution >= 0.6 is 0 Å². The first-order chi connectivity index (χ1) is 12.5. The molecule has 0 aliphatic heterocycles. The number of hydrogen-bond acceptors (Lipinski definition) is 2. The lowest BCUT2D eigenvalue weighted by Gasteiger charge is -2.10. The van der Waals surface area contributed by atoms with Gasteiger partial charge in [-0.25, -0.2) is 5.43 Å². The Bertz CT molecular complexity index is 946. The van der Waals surface area contributed by atoms with Crippen molar-refractivity contribution in [3.05, 3.63) is 88.2 Å². The van der Waals surface area contributed by atoms with Gasteiger partial charge in [-0.2, -0.15) is 5.10 Å². The van der Waals surface area contributed by atoms with Crippen LogP contribution in [0.5, 0.6) is 0 Å². The Morgan fingerprint density at radius 2 is 1.58 bits per heavy atom. The fourth-order valence-corrected chi connectivity index (χ4v) is 3.03. The van der Waals surface area contributed by atoms with E-state index in [0.717, 1.165) is 28.2 Å². The van der Waals surface area contributed by atoms with Crippen LogP contribution in [0.1, 0.15) is 38.4 Å². The molecule has 0 bridgehead atoms. The molecule has 2 aromatic carbocycles. The molecule has 4 heteroatoms. The molecule has 0 unspecified atom stereocenters. The molecule has 26 heavy (non-hydrogen) atoms. The fourth-order valence-electron chi connectivity index (χ4n) is 3.03. The van der Waals surface area contributed by atoms with Gasteiger partial charge in [0.05, 0.1) is 6.21 Å². The van der Waals surface area contributed by atoms with Crippen molar-refractivity contribution >= 4 is 12.1 Å². The summed E-state index contributed by atoms with van der Waals surface area (Å²) in [5, 5.41) is 4.08. The smallest absolute Gasteiger partial charge is 0.271 e. The van der Waals surface area contributed by atoms with Gasteiger partial charge in [-0.3, -0.25) is 4.79 Å². The van der Waals surface area contributed by atoms with Crippen molar-refractivity contribution in [1.29, 1.82) is 0 Å². The quantitative estimate of drug-likeness (QED) is 0.550. The van der Waals surface area contributed by atoms with Crippen LogP contribution in [0.25, 0.3) is 5.69 Å². The molecular formula is C22H23N3O. The van der Waals surface area contributed by atoms with Crippen LogP contribution in [0.3, 0.4) is 0 Å². The number of hydrogen-bond donors (Lipinski definition) is 1. The second-order valence-electron chi connectivity index (χ2n) is 6.56. The lowest BCUT2D eigenvalue weighted by molar-refractivity contribution is 0.0955. The minimum Gasteiger partial charge on any atom is -0.319 e. The molecule has 3 aromatic rings. The fraction of sp³-hybridized carbons (Fsp3) is 0.182. The van der Waals surface area contributed by atoms with Gasteiger partial charge in [-0.15, -0.1) is 0 Å². The third-order valence-electron chi connectivity index (χ3n) is 4.45. The van der Waals surface area contributed by atoms with E-state index in [2.05, 4.69) is 54.1 Å². The first-order valence-electron chi connectivity index (χ1n) is 8.62. The second-order valence-corrected chi connectivity index (χ2v) is 6.56. The molecule has 0 saturated heterocycles. The molecule has 0 aliphatic carbocycles. The normalized spacial score (nSPS) is 11.1. The number of aromatic nitrogens is 1. The summed E-state index contributed by atoms with van der Waals surface area (Å²) in [5.74, 6) is -0.224. The Labute approximate surface area is 154 Å². The van der Waals surface area contributed by atoms with Crippen molar-refractivity contribution < 1.29 is 4.79 Å². The standard InChI is InChI=1S/C22H23N3O/c1-15-5-8-20(16(2)13-15)14-23-24-22(26)19-9-11-21(12-10-19)25-17(3)6-7-18(25)4/h5-14H,1-4H3,(H,24,26)/b23-14-. The molecule has 1 amide bonds. The maximum atomic E-state index is 12.3. The Morgan fingerprint density at radius 1 is 0.923 bits per heavy atom. The number of amides is 1. The molecule has 1 N–H and O–H groups in total. The number of rotatable bonds is 4. The van der Waals surface area contributed by atoms with Crippen LogP contribution in [0.4, 0.5) is 0 Å². The van der Waals surface area contributed by atoms with Gasteiger partial charge in [0, 0.05) is 22.6 Å². The molecule has 1 aromatic heterocycles. The van der Waals surface area contributed by atoms with Crippen LogP contribution in [0.2, 0.25) is 0 Å². The summed E-state index contributed by atoms with van der Waals surface area (Å²) in [7, 11) is 0. The summed E-state index contributed by atoms with van der Waals surface area (Å²) >= 11 is 0. The third-order valence-corrected chi connectivity index (χ3v) is 4.45. The third kappa shape index (κ3) is 3.75. The largest absolute Gasteiger partial charge is 0.319 e. The van der Waals surface area contributed by atoms with Gasteiger partial charge in [0.15, 0.2) is 0 Å². The summed E-state index contributed by atoms with van der Waals surface area (Å²) in [5.41, 5.74) is 9.86. The average Bonchev–Trinajstić information content (AvgIpc) is 2.95. The number of carbonyl (C=O) groups is 1. The summed E-state index contributed by atoms with van der Waals surface area (Å²) in [6.07, 6.45) is 1.67. The number of hydrazone groups is 1. The van der Waals surface area contributed by atoms with Crippen LogP contribution in [-0.4, -0.2) is 16.7 Å². The molecule has 0 atom stereocenters. The molecule has 4 nitrogen and oxygen atoms in total. The SMILES string of the molecule is Cc1ccc(/C=N\NC(=O)c2ccc(-n3c(C)ccc3C)cc2)c(C)c1. The molecule has 0 spiro atoms. The predicted molar refractivity (Wildman–Crippen MR) is 106 cm³/mol. The van der Waals surface area contributed by atoms with E-state index in [-0.39, 0.29) is 5.91 Å². The van der Waals surface area contributed by atoms with E-state index in [4.69, 9.17) is 0 Å². The predicted octanol–water partition coefficient (Wildman–Crippen LogP) is 4.47. The van der Waals surface area contributed by atoms with Gasteiger partial charge in [-0.05, 0) is 75.2 Å².